The second-order valence-electron chi connectivity index (χ2n) is 4.22. The fourth-order valence-corrected chi connectivity index (χ4v) is 3.05. The van der Waals surface area contributed by atoms with Crippen molar-refractivity contribution in [3.05, 3.63) is 57.6 Å². The molecule has 0 atom stereocenters. The molecule has 2 aromatic carbocycles. The Morgan fingerprint density at radius 3 is 2.60 bits per heavy atom. The summed E-state index contributed by atoms with van der Waals surface area (Å²) in [5, 5.41) is 0.887. The molecular formula is C15H10Br2N2O. The van der Waals surface area contributed by atoms with Crippen molar-refractivity contribution in [1.29, 1.82) is 0 Å². The molecule has 0 aliphatic rings. The summed E-state index contributed by atoms with van der Waals surface area (Å²) in [6.07, 6.45) is 1.74. The summed E-state index contributed by atoms with van der Waals surface area (Å²) in [7, 11) is 0. The lowest BCUT2D eigenvalue weighted by Crippen LogP contribution is -1.94. The maximum Gasteiger partial charge on any atom is 0.151 e. The number of nitrogens with zero attached hydrogens (tertiary/aromatic N) is 1. The van der Waals surface area contributed by atoms with Crippen molar-refractivity contribution in [2.75, 3.05) is 5.73 Å². The van der Waals surface area contributed by atoms with Gasteiger partial charge in [-0.15, -0.1) is 0 Å². The summed E-state index contributed by atoms with van der Waals surface area (Å²) in [4.78, 5) is 4.27. The van der Waals surface area contributed by atoms with Gasteiger partial charge in [0, 0.05) is 16.1 Å². The van der Waals surface area contributed by atoms with Crippen molar-refractivity contribution < 1.29 is 4.74 Å². The van der Waals surface area contributed by atoms with Crippen molar-refractivity contribution in [3.63, 3.8) is 0 Å². The zero-order valence-corrected chi connectivity index (χ0v) is 13.5. The van der Waals surface area contributed by atoms with Gasteiger partial charge in [0.05, 0.1) is 15.7 Å². The molecule has 20 heavy (non-hydrogen) atoms. The van der Waals surface area contributed by atoms with Crippen LogP contribution in [0.2, 0.25) is 0 Å². The number of aromatic nitrogens is 1. The van der Waals surface area contributed by atoms with E-state index in [0.29, 0.717) is 17.2 Å². The maximum absolute atomic E-state index is 6.16. The van der Waals surface area contributed by atoms with Gasteiger partial charge in [-0.1, -0.05) is 15.9 Å². The second-order valence-corrected chi connectivity index (χ2v) is 5.99. The Labute approximate surface area is 133 Å². The van der Waals surface area contributed by atoms with Gasteiger partial charge in [0.25, 0.3) is 0 Å². The van der Waals surface area contributed by atoms with Crippen LogP contribution in [0.5, 0.6) is 11.5 Å². The zero-order chi connectivity index (χ0) is 14.1. The number of benzene rings is 2. The third kappa shape index (κ3) is 2.51. The molecule has 0 aliphatic heterocycles. The summed E-state index contributed by atoms with van der Waals surface area (Å²) in [6, 6.07) is 13.2. The van der Waals surface area contributed by atoms with Crippen LogP contribution in [0.4, 0.5) is 5.69 Å². The highest BCUT2D eigenvalue weighted by Gasteiger charge is 2.09. The van der Waals surface area contributed by atoms with E-state index in [1.165, 1.54) is 0 Å². The molecule has 1 heterocycles. The fraction of sp³-hybridized carbons (Fsp3) is 0. The lowest BCUT2D eigenvalue weighted by atomic mass is 10.1. The van der Waals surface area contributed by atoms with Crippen molar-refractivity contribution in [1.82, 2.24) is 4.98 Å². The average molecular weight is 394 g/mol. The number of rotatable bonds is 2. The van der Waals surface area contributed by atoms with Gasteiger partial charge in [0.15, 0.2) is 5.75 Å². The van der Waals surface area contributed by atoms with E-state index in [1.807, 2.05) is 42.5 Å². The highest BCUT2D eigenvalue weighted by atomic mass is 79.9. The third-order valence-corrected chi connectivity index (χ3v) is 4.01. The van der Waals surface area contributed by atoms with Gasteiger partial charge in [-0.25, -0.2) is 0 Å². The number of nitrogen functional groups attached to an aromatic ring is 1. The monoisotopic (exact) mass is 392 g/mol. The largest absolute Gasteiger partial charge is 0.454 e. The van der Waals surface area contributed by atoms with Crippen LogP contribution in [0.1, 0.15) is 0 Å². The van der Waals surface area contributed by atoms with Crippen LogP contribution in [-0.2, 0) is 0 Å². The van der Waals surface area contributed by atoms with Crippen molar-refractivity contribution >= 4 is 48.5 Å². The third-order valence-electron chi connectivity index (χ3n) is 2.90. The maximum atomic E-state index is 6.16. The molecule has 0 spiro atoms. The Balaban J connectivity index is 2.04. The topological polar surface area (TPSA) is 48.1 Å². The molecule has 0 radical (unpaired) electrons. The van der Waals surface area contributed by atoms with Crippen LogP contribution >= 0.6 is 31.9 Å². The van der Waals surface area contributed by atoms with Crippen LogP contribution in [0, 0.1) is 0 Å². The highest BCUT2D eigenvalue weighted by molar-refractivity contribution is 9.11. The molecule has 0 unspecified atom stereocenters. The Kier molecular flexibility index (Phi) is 3.63. The number of fused-ring (bicyclic) bond motifs is 1. The van der Waals surface area contributed by atoms with E-state index in [4.69, 9.17) is 10.5 Å². The molecular weight excluding hydrogens is 384 g/mol. The number of pyridine rings is 1. The summed E-state index contributed by atoms with van der Waals surface area (Å²) < 4.78 is 7.72. The fourth-order valence-electron chi connectivity index (χ4n) is 1.92. The predicted molar refractivity (Wildman–Crippen MR) is 88.1 cm³/mol. The van der Waals surface area contributed by atoms with Gasteiger partial charge in [0.1, 0.15) is 5.75 Å². The zero-order valence-electron chi connectivity index (χ0n) is 10.3. The Bertz CT molecular complexity index is 790. The summed E-state index contributed by atoms with van der Waals surface area (Å²) in [5.41, 5.74) is 7.60. The molecule has 100 valence electrons. The Morgan fingerprint density at radius 2 is 1.80 bits per heavy atom. The van der Waals surface area contributed by atoms with E-state index >= 15 is 0 Å². The molecule has 3 rings (SSSR count). The molecule has 0 bridgehead atoms. The number of anilines is 1. The summed E-state index contributed by atoms with van der Waals surface area (Å²) >= 11 is 6.88. The second kappa shape index (κ2) is 5.42. The van der Waals surface area contributed by atoms with Crippen molar-refractivity contribution in [3.8, 4) is 11.5 Å². The summed E-state index contributed by atoms with van der Waals surface area (Å²) in [5.74, 6) is 1.33. The average Bonchev–Trinajstić information content (AvgIpc) is 2.45. The molecule has 0 saturated heterocycles. The summed E-state index contributed by atoms with van der Waals surface area (Å²) in [6.45, 7) is 0. The van der Waals surface area contributed by atoms with Gasteiger partial charge < -0.3 is 10.5 Å². The lowest BCUT2D eigenvalue weighted by molar-refractivity contribution is 0.482. The number of nitrogens with two attached hydrogens (primary N) is 1. The number of hydrogen-bond acceptors (Lipinski definition) is 3. The van der Waals surface area contributed by atoms with E-state index in [2.05, 4.69) is 36.8 Å². The first-order valence-electron chi connectivity index (χ1n) is 5.91. The minimum atomic E-state index is 0.588. The van der Waals surface area contributed by atoms with E-state index in [1.54, 1.807) is 6.20 Å². The minimum absolute atomic E-state index is 0.588. The normalized spacial score (nSPS) is 10.7. The molecule has 2 N–H and O–H groups in total. The molecule has 1 aromatic heterocycles. The minimum Gasteiger partial charge on any atom is -0.454 e. The molecule has 0 amide bonds. The van der Waals surface area contributed by atoms with Crippen LogP contribution in [0.15, 0.2) is 57.6 Å². The standard InChI is InChI=1S/C15H10Br2N2O/c16-9-3-5-13(11(17)8-9)20-14-6-4-12-10(15(14)18)2-1-7-19-12/h1-8H,18H2. The van der Waals surface area contributed by atoms with Gasteiger partial charge >= 0.3 is 0 Å². The SMILES string of the molecule is Nc1c(Oc2ccc(Br)cc2Br)ccc2ncccc12. The first-order valence-corrected chi connectivity index (χ1v) is 7.50. The molecule has 0 aliphatic carbocycles. The Morgan fingerprint density at radius 1 is 1.00 bits per heavy atom. The van der Waals surface area contributed by atoms with E-state index < -0.39 is 0 Å². The molecule has 0 saturated carbocycles. The van der Waals surface area contributed by atoms with E-state index in [9.17, 15) is 0 Å². The molecule has 0 fully saturated rings. The number of ether oxygens (including phenoxy) is 1. The van der Waals surface area contributed by atoms with Crippen LogP contribution in [-0.4, -0.2) is 4.98 Å². The predicted octanol–water partition coefficient (Wildman–Crippen LogP) is 5.13. The Hall–Kier alpha value is -1.59. The first-order chi connectivity index (χ1) is 9.65. The van der Waals surface area contributed by atoms with E-state index in [-0.39, 0.29) is 0 Å². The van der Waals surface area contributed by atoms with Crippen molar-refractivity contribution in [2.45, 2.75) is 0 Å². The smallest absolute Gasteiger partial charge is 0.151 e. The van der Waals surface area contributed by atoms with Crippen LogP contribution < -0.4 is 10.5 Å². The number of hydrogen-bond donors (Lipinski definition) is 1. The van der Waals surface area contributed by atoms with Gasteiger partial charge in [0.2, 0.25) is 0 Å². The van der Waals surface area contributed by atoms with Crippen LogP contribution in [0.25, 0.3) is 10.9 Å². The van der Waals surface area contributed by atoms with Crippen LogP contribution in [0.3, 0.4) is 0 Å². The quantitative estimate of drug-likeness (QED) is 0.613. The first kappa shape index (κ1) is 13.4. The molecule has 5 heteroatoms. The van der Waals surface area contributed by atoms with E-state index in [0.717, 1.165) is 19.8 Å². The molecule has 3 nitrogen and oxygen atoms in total. The van der Waals surface area contributed by atoms with Gasteiger partial charge in [-0.3, -0.25) is 4.98 Å². The van der Waals surface area contributed by atoms with Gasteiger partial charge in [-0.05, 0) is 58.4 Å². The number of halogens is 2. The lowest BCUT2D eigenvalue weighted by Gasteiger charge is -2.11. The van der Waals surface area contributed by atoms with Gasteiger partial charge in [-0.2, -0.15) is 0 Å². The highest BCUT2D eigenvalue weighted by Crippen LogP contribution is 2.36. The van der Waals surface area contributed by atoms with Crippen molar-refractivity contribution in [2.24, 2.45) is 0 Å². The molecule has 3 aromatic rings.